The Hall–Kier alpha value is -2.24. The number of rotatable bonds is 2. The van der Waals surface area contributed by atoms with Gasteiger partial charge in [0.1, 0.15) is 0 Å². The molecule has 1 aromatic heterocycles. The van der Waals surface area contributed by atoms with E-state index in [2.05, 4.69) is 48.0 Å². The third-order valence-electron chi connectivity index (χ3n) is 3.45. The van der Waals surface area contributed by atoms with Gasteiger partial charge in [0.15, 0.2) is 0 Å². The molecule has 0 unspecified atom stereocenters. The fraction of sp³-hybridized carbons (Fsp3) is 0.118. The van der Waals surface area contributed by atoms with E-state index in [0.29, 0.717) is 17.1 Å². The van der Waals surface area contributed by atoms with E-state index in [0.717, 1.165) is 5.56 Å². The first kappa shape index (κ1) is 12.8. The molecule has 98 valence electrons. The molecule has 1 heterocycles. The monoisotopic (exact) mass is 280 g/mol. The van der Waals surface area contributed by atoms with Gasteiger partial charge in [-0.25, -0.2) is 0 Å². The number of aryl methyl sites for hydroxylation is 1. The second-order valence-corrected chi connectivity index (χ2v) is 5.33. The van der Waals surface area contributed by atoms with Crippen LogP contribution in [0.25, 0.3) is 10.9 Å². The number of hydrogen-bond donors (Lipinski definition) is 0. The molecule has 3 heteroatoms. The highest BCUT2D eigenvalue weighted by atomic mass is 35.5. The van der Waals surface area contributed by atoms with Crippen molar-refractivity contribution in [1.82, 2.24) is 4.57 Å². The third kappa shape index (κ3) is 2.29. The van der Waals surface area contributed by atoms with Crippen LogP contribution in [0.5, 0.6) is 0 Å². The first-order chi connectivity index (χ1) is 9.67. The van der Waals surface area contributed by atoms with E-state index in [4.69, 9.17) is 16.9 Å². The van der Waals surface area contributed by atoms with Gasteiger partial charge in [-0.05, 0) is 48.2 Å². The van der Waals surface area contributed by atoms with Crippen LogP contribution in [-0.2, 0) is 6.54 Å². The summed E-state index contributed by atoms with van der Waals surface area (Å²) < 4.78 is 2.17. The molecular weight excluding hydrogens is 268 g/mol. The number of nitrogens with zero attached hydrogens (tertiary/aromatic N) is 2. The van der Waals surface area contributed by atoms with Crippen molar-refractivity contribution in [3.05, 3.63) is 70.4 Å². The lowest BCUT2D eigenvalue weighted by Gasteiger charge is -2.08. The highest BCUT2D eigenvalue weighted by Crippen LogP contribution is 2.22. The highest BCUT2D eigenvalue weighted by Gasteiger charge is 2.06. The van der Waals surface area contributed by atoms with Gasteiger partial charge in [-0.15, -0.1) is 0 Å². The van der Waals surface area contributed by atoms with Crippen LogP contribution in [0.15, 0.2) is 48.7 Å². The SMILES string of the molecule is Cc1ccc2c(ccn2Cc2ccc(C#N)cc2Cl)c1. The third-order valence-corrected chi connectivity index (χ3v) is 3.80. The summed E-state index contributed by atoms with van der Waals surface area (Å²) in [6.45, 7) is 2.80. The summed E-state index contributed by atoms with van der Waals surface area (Å²) in [5.41, 5.74) is 4.05. The maximum atomic E-state index is 8.86. The van der Waals surface area contributed by atoms with E-state index in [1.807, 2.05) is 6.07 Å². The molecule has 0 aliphatic rings. The van der Waals surface area contributed by atoms with Gasteiger partial charge in [-0.2, -0.15) is 5.26 Å². The summed E-state index contributed by atoms with van der Waals surface area (Å²) in [6, 6.07) is 16.1. The van der Waals surface area contributed by atoms with E-state index in [9.17, 15) is 0 Å². The number of nitriles is 1. The van der Waals surface area contributed by atoms with Crippen molar-refractivity contribution in [2.45, 2.75) is 13.5 Å². The predicted molar refractivity (Wildman–Crippen MR) is 81.9 cm³/mol. The topological polar surface area (TPSA) is 28.7 Å². The number of fused-ring (bicyclic) bond motifs is 1. The van der Waals surface area contributed by atoms with E-state index in [-0.39, 0.29) is 0 Å². The molecule has 0 saturated carbocycles. The molecule has 2 aromatic carbocycles. The van der Waals surface area contributed by atoms with Gasteiger partial charge >= 0.3 is 0 Å². The molecule has 0 saturated heterocycles. The smallest absolute Gasteiger partial charge is 0.0992 e. The lowest BCUT2D eigenvalue weighted by atomic mass is 10.1. The van der Waals surface area contributed by atoms with Gasteiger partial charge in [0.2, 0.25) is 0 Å². The minimum absolute atomic E-state index is 0.590. The number of aromatic nitrogens is 1. The average Bonchev–Trinajstić information content (AvgIpc) is 2.83. The van der Waals surface area contributed by atoms with Crippen LogP contribution in [0.3, 0.4) is 0 Å². The van der Waals surface area contributed by atoms with Crippen LogP contribution < -0.4 is 0 Å². The minimum atomic E-state index is 0.590. The molecule has 3 rings (SSSR count). The summed E-state index contributed by atoms with van der Waals surface area (Å²) in [6.07, 6.45) is 2.07. The fourth-order valence-electron chi connectivity index (χ4n) is 2.39. The molecule has 0 aliphatic carbocycles. The molecule has 20 heavy (non-hydrogen) atoms. The summed E-state index contributed by atoms with van der Waals surface area (Å²) in [5, 5.41) is 10.7. The van der Waals surface area contributed by atoms with Crippen molar-refractivity contribution in [1.29, 1.82) is 5.26 Å². The molecular formula is C17H13ClN2. The van der Waals surface area contributed by atoms with Gasteiger partial charge in [0, 0.05) is 23.3 Å². The van der Waals surface area contributed by atoms with Crippen molar-refractivity contribution in [2.24, 2.45) is 0 Å². The number of hydrogen-bond acceptors (Lipinski definition) is 1. The molecule has 0 fully saturated rings. The van der Waals surface area contributed by atoms with E-state index in [1.165, 1.54) is 16.5 Å². The minimum Gasteiger partial charge on any atom is -0.343 e. The zero-order chi connectivity index (χ0) is 14.1. The zero-order valence-corrected chi connectivity index (χ0v) is 11.9. The normalized spacial score (nSPS) is 10.7. The van der Waals surface area contributed by atoms with Crippen LogP contribution in [0, 0.1) is 18.3 Å². The molecule has 0 N–H and O–H groups in total. The lowest BCUT2D eigenvalue weighted by Crippen LogP contribution is -1.98. The fourth-order valence-corrected chi connectivity index (χ4v) is 2.63. The van der Waals surface area contributed by atoms with E-state index >= 15 is 0 Å². The molecule has 0 radical (unpaired) electrons. The molecule has 0 spiro atoms. The second-order valence-electron chi connectivity index (χ2n) is 4.92. The second kappa shape index (κ2) is 5.03. The Morgan fingerprint density at radius 1 is 1.15 bits per heavy atom. The van der Waals surface area contributed by atoms with Gasteiger partial charge in [-0.1, -0.05) is 29.3 Å². The van der Waals surface area contributed by atoms with Crippen molar-refractivity contribution in [2.75, 3.05) is 0 Å². The molecule has 0 aliphatic heterocycles. The van der Waals surface area contributed by atoms with Gasteiger partial charge < -0.3 is 4.57 Å². The van der Waals surface area contributed by atoms with E-state index < -0.39 is 0 Å². The quantitative estimate of drug-likeness (QED) is 0.678. The predicted octanol–water partition coefficient (Wildman–Crippen LogP) is 4.52. The Balaban J connectivity index is 1.99. The van der Waals surface area contributed by atoms with E-state index in [1.54, 1.807) is 12.1 Å². The Morgan fingerprint density at radius 2 is 2.00 bits per heavy atom. The molecule has 3 aromatic rings. The largest absolute Gasteiger partial charge is 0.343 e. The van der Waals surface area contributed by atoms with Gasteiger partial charge in [-0.3, -0.25) is 0 Å². The molecule has 2 nitrogen and oxygen atoms in total. The maximum absolute atomic E-state index is 8.86. The number of halogens is 1. The van der Waals surface area contributed by atoms with Crippen LogP contribution in [0.4, 0.5) is 0 Å². The average molecular weight is 281 g/mol. The van der Waals surface area contributed by atoms with Crippen molar-refractivity contribution in [3.63, 3.8) is 0 Å². The Labute approximate surface area is 122 Å². The Morgan fingerprint density at radius 3 is 2.75 bits per heavy atom. The molecule has 0 bridgehead atoms. The summed E-state index contributed by atoms with van der Waals surface area (Å²) >= 11 is 6.24. The van der Waals surface area contributed by atoms with Crippen LogP contribution >= 0.6 is 11.6 Å². The highest BCUT2D eigenvalue weighted by molar-refractivity contribution is 6.31. The molecule has 0 atom stereocenters. The Bertz CT molecular complexity index is 825. The van der Waals surface area contributed by atoms with Crippen molar-refractivity contribution >= 4 is 22.5 Å². The Kier molecular flexibility index (Phi) is 3.22. The summed E-state index contributed by atoms with van der Waals surface area (Å²) in [7, 11) is 0. The maximum Gasteiger partial charge on any atom is 0.0992 e. The molecule has 0 amide bonds. The van der Waals surface area contributed by atoms with Crippen LogP contribution in [0.2, 0.25) is 5.02 Å². The van der Waals surface area contributed by atoms with Crippen molar-refractivity contribution in [3.8, 4) is 6.07 Å². The summed E-state index contributed by atoms with van der Waals surface area (Å²) in [4.78, 5) is 0. The van der Waals surface area contributed by atoms with Crippen LogP contribution in [-0.4, -0.2) is 4.57 Å². The van der Waals surface area contributed by atoms with Crippen molar-refractivity contribution < 1.29 is 0 Å². The number of benzene rings is 2. The van der Waals surface area contributed by atoms with Crippen LogP contribution in [0.1, 0.15) is 16.7 Å². The standard InChI is InChI=1S/C17H13ClN2/c1-12-2-5-17-14(8-12)6-7-20(17)11-15-4-3-13(10-19)9-16(15)18/h2-9H,11H2,1H3. The van der Waals surface area contributed by atoms with Gasteiger partial charge in [0.25, 0.3) is 0 Å². The first-order valence-electron chi connectivity index (χ1n) is 6.41. The van der Waals surface area contributed by atoms with Gasteiger partial charge in [0.05, 0.1) is 11.6 Å². The zero-order valence-electron chi connectivity index (χ0n) is 11.1. The first-order valence-corrected chi connectivity index (χ1v) is 6.79. The lowest BCUT2D eigenvalue weighted by molar-refractivity contribution is 0.837. The summed E-state index contributed by atoms with van der Waals surface area (Å²) in [5.74, 6) is 0.